The van der Waals surface area contributed by atoms with E-state index in [0.717, 1.165) is 32.4 Å². The van der Waals surface area contributed by atoms with Gasteiger partial charge in [0, 0.05) is 6.54 Å². The lowest BCUT2D eigenvalue weighted by Crippen LogP contribution is -2.21. The molecule has 2 nitrogen and oxygen atoms in total. The van der Waals surface area contributed by atoms with Gasteiger partial charge in [-0.2, -0.15) is 0 Å². The normalized spacial score (nSPS) is 12.9. The Balaban J connectivity index is 3.15. The summed E-state index contributed by atoms with van der Waals surface area (Å²) in [5.74, 6) is 0. The molecule has 0 aromatic carbocycles. The Hall–Kier alpha value is -0.340. The van der Waals surface area contributed by atoms with Gasteiger partial charge < -0.3 is 10.4 Å². The Morgan fingerprint density at radius 3 is 2.67 bits per heavy atom. The number of hydrogen-bond acceptors (Lipinski definition) is 2. The minimum Gasteiger partial charge on any atom is -0.393 e. The van der Waals surface area contributed by atoms with Gasteiger partial charge in [-0.25, -0.2) is 0 Å². The molecule has 0 radical (unpaired) electrons. The van der Waals surface area contributed by atoms with Crippen molar-refractivity contribution in [3.05, 3.63) is 12.2 Å². The first-order valence-electron chi connectivity index (χ1n) is 4.76. The molecule has 2 heteroatoms. The average molecular weight is 171 g/mol. The smallest absolute Gasteiger partial charge is 0.0549 e. The third-order valence-electron chi connectivity index (χ3n) is 2.00. The Labute approximate surface area is 75.7 Å². The largest absolute Gasteiger partial charge is 0.393 e. The first-order chi connectivity index (χ1) is 5.70. The Morgan fingerprint density at radius 1 is 1.50 bits per heavy atom. The van der Waals surface area contributed by atoms with Crippen LogP contribution in [0.3, 0.4) is 0 Å². The van der Waals surface area contributed by atoms with Gasteiger partial charge in [-0.1, -0.05) is 26.0 Å². The minimum absolute atomic E-state index is 0.146. The second kappa shape index (κ2) is 7.32. The number of nitrogens with one attached hydrogen (secondary N) is 1. The van der Waals surface area contributed by atoms with Crippen LogP contribution in [0, 0.1) is 0 Å². The lowest BCUT2D eigenvalue weighted by Gasteiger charge is -2.08. The molecule has 0 aliphatic heterocycles. The van der Waals surface area contributed by atoms with Crippen molar-refractivity contribution in [1.82, 2.24) is 5.32 Å². The zero-order valence-corrected chi connectivity index (χ0v) is 8.27. The highest BCUT2D eigenvalue weighted by Crippen LogP contribution is 1.96. The van der Waals surface area contributed by atoms with Gasteiger partial charge in [0.15, 0.2) is 0 Å². The van der Waals surface area contributed by atoms with Gasteiger partial charge in [-0.05, 0) is 25.8 Å². The van der Waals surface area contributed by atoms with Crippen LogP contribution in [0.25, 0.3) is 0 Å². The highest BCUT2D eigenvalue weighted by atomic mass is 16.3. The van der Waals surface area contributed by atoms with E-state index in [1.54, 1.807) is 0 Å². The standard InChI is InChI=1S/C10H21NO/c1-4-9(3)8-11-7-6-10(12)5-2/h10-12H,3-8H2,1-2H3. The summed E-state index contributed by atoms with van der Waals surface area (Å²) in [6.45, 7) is 9.75. The van der Waals surface area contributed by atoms with Crippen molar-refractivity contribution in [1.29, 1.82) is 0 Å². The van der Waals surface area contributed by atoms with Crippen LogP contribution >= 0.6 is 0 Å². The molecule has 0 fully saturated rings. The van der Waals surface area contributed by atoms with Crippen molar-refractivity contribution in [2.45, 2.75) is 39.2 Å². The van der Waals surface area contributed by atoms with Gasteiger partial charge in [-0.15, -0.1) is 0 Å². The van der Waals surface area contributed by atoms with Crippen LogP contribution < -0.4 is 5.32 Å². The highest BCUT2D eigenvalue weighted by molar-refractivity contribution is 4.94. The summed E-state index contributed by atoms with van der Waals surface area (Å²) in [4.78, 5) is 0. The lowest BCUT2D eigenvalue weighted by atomic mass is 10.2. The molecule has 0 heterocycles. The first kappa shape index (κ1) is 11.7. The van der Waals surface area contributed by atoms with Gasteiger partial charge in [0.25, 0.3) is 0 Å². The van der Waals surface area contributed by atoms with Gasteiger partial charge in [0.1, 0.15) is 0 Å². The van der Waals surface area contributed by atoms with E-state index in [1.807, 2.05) is 6.92 Å². The second-order valence-electron chi connectivity index (χ2n) is 3.13. The summed E-state index contributed by atoms with van der Waals surface area (Å²) in [6, 6.07) is 0. The van der Waals surface area contributed by atoms with Crippen molar-refractivity contribution < 1.29 is 5.11 Å². The van der Waals surface area contributed by atoms with E-state index < -0.39 is 0 Å². The van der Waals surface area contributed by atoms with E-state index in [2.05, 4.69) is 18.8 Å². The molecule has 0 bridgehead atoms. The number of hydrogen-bond donors (Lipinski definition) is 2. The SMILES string of the molecule is C=C(CC)CNCCC(O)CC. The molecule has 0 aliphatic carbocycles. The van der Waals surface area contributed by atoms with Crippen molar-refractivity contribution >= 4 is 0 Å². The van der Waals surface area contributed by atoms with E-state index in [0.29, 0.717) is 0 Å². The molecule has 2 N–H and O–H groups in total. The van der Waals surface area contributed by atoms with E-state index >= 15 is 0 Å². The first-order valence-corrected chi connectivity index (χ1v) is 4.76. The number of rotatable bonds is 7. The maximum Gasteiger partial charge on any atom is 0.0549 e. The van der Waals surface area contributed by atoms with Crippen LogP contribution in [0.4, 0.5) is 0 Å². The zero-order valence-electron chi connectivity index (χ0n) is 8.27. The second-order valence-corrected chi connectivity index (χ2v) is 3.13. The fourth-order valence-electron chi connectivity index (χ4n) is 0.863. The van der Waals surface area contributed by atoms with Crippen LogP contribution in [-0.2, 0) is 0 Å². The van der Waals surface area contributed by atoms with Crippen LogP contribution in [0.15, 0.2) is 12.2 Å². The van der Waals surface area contributed by atoms with Crippen molar-refractivity contribution in [3.63, 3.8) is 0 Å². The fourth-order valence-corrected chi connectivity index (χ4v) is 0.863. The molecule has 0 aliphatic rings. The maximum absolute atomic E-state index is 9.22. The molecule has 0 saturated heterocycles. The summed E-state index contributed by atoms with van der Waals surface area (Å²) in [5, 5.41) is 12.5. The van der Waals surface area contributed by atoms with Crippen molar-refractivity contribution in [2.75, 3.05) is 13.1 Å². The summed E-state index contributed by atoms with van der Waals surface area (Å²) < 4.78 is 0. The topological polar surface area (TPSA) is 32.3 Å². The van der Waals surface area contributed by atoms with Gasteiger partial charge in [0.2, 0.25) is 0 Å². The number of aliphatic hydroxyl groups is 1. The Kier molecular flexibility index (Phi) is 7.11. The highest BCUT2D eigenvalue weighted by Gasteiger charge is 1.98. The Bertz CT molecular complexity index is 123. The van der Waals surface area contributed by atoms with Gasteiger partial charge in [0.05, 0.1) is 6.10 Å². The quantitative estimate of drug-likeness (QED) is 0.451. The molecule has 72 valence electrons. The van der Waals surface area contributed by atoms with E-state index in [4.69, 9.17) is 0 Å². The third kappa shape index (κ3) is 6.38. The molecule has 0 aromatic rings. The molecule has 12 heavy (non-hydrogen) atoms. The zero-order chi connectivity index (χ0) is 9.40. The fraction of sp³-hybridized carbons (Fsp3) is 0.800. The Morgan fingerprint density at radius 2 is 2.17 bits per heavy atom. The van der Waals surface area contributed by atoms with E-state index in [-0.39, 0.29) is 6.10 Å². The van der Waals surface area contributed by atoms with Crippen LogP contribution in [0.5, 0.6) is 0 Å². The van der Waals surface area contributed by atoms with Crippen LogP contribution in [0.1, 0.15) is 33.1 Å². The summed E-state index contributed by atoms with van der Waals surface area (Å²) in [7, 11) is 0. The molecule has 0 amide bonds. The molecular weight excluding hydrogens is 150 g/mol. The predicted octanol–water partition coefficient (Wildman–Crippen LogP) is 1.70. The minimum atomic E-state index is -0.146. The maximum atomic E-state index is 9.22. The molecule has 1 atom stereocenters. The molecule has 0 saturated carbocycles. The molecule has 0 rings (SSSR count). The van der Waals surface area contributed by atoms with Crippen molar-refractivity contribution in [2.24, 2.45) is 0 Å². The van der Waals surface area contributed by atoms with E-state index in [9.17, 15) is 5.11 Å². The molecule has 1 unspecified atom stereocenters. The summed E-state index contributed by atoms with van der Waals surface area (Å²) >= 11 is 0. The average Bonchev–Trinajstić information content (AvgIpc) is 2.11. The lowest BCUT2D eigenvalue weighted by molar-refractivity contribution is 0.160. The summed E-state index contributed by atoms with van der Waals surface area (Å²) in [6.07, 6.45) is 2.57. The number of aliphatic hydroxyl groups excluding tert-OH is 1. The predicted molar refractivity (Wildman–Crippen MR) is 53.2 cm³/mol. The molecule has 0 aromatic heterocycles. The van der Waals surface area contributed by atoms with E-state index in [1.165, 1.54) is 5.57 Å². The van der Waals surface area contributed by atoms with Crippen molar-refractivity contribution in [3.8, 4) is 0 Å². The van der Waals surface area contributed by atoms with Crippen LogP contribution in [0.2, 0.25) is 0 Å². The van der Waals surface area contributed by atoms with Gasteiger partial charge >= 0.3 is 0 Å². The molecular formula is C10H21NO. The van der Waals surface area contributed by atoms with Crippen LogP contribution in [-0.4, -0.2) is 24.3 Å². The summed E-state index contributed by atoms with van der Waals surface area (Å²) in [5.41, 5.74) is 1.22. The third-order valence-corrected chi connectivity index (χ3v) is 2.00. The molecule has 0 spiro atoms. The van der Waals surface area contributed by atoms with Gasteiger partial charge in [-0.3, -0.25) is 0 Å². The monoisotopic (exact) mass is 171 g/mol.